The molecule has 0 saturated carbocycles. The number of aryl methyl sites for hydroxylation is 1. The lowest BCUT2D eigenvalue weighted by Gasteiger charge is -2.11. The third-order valence-corrected chi connectivity index (χ3v) is 4.54. The number of nitrogens with two attached hydrogens (primary N) is 1. The molecule has 0 aliphatic carbocycles. The predicted molar refractivity (Wildman–Crippen MR) is 85.4 cm³/mol. The maximum atomic E-state index is 11.3. The molecule has 0 spiro atoms. The summed E-state index contributed by atoms with van der Waals surface area (Å²) in [5, 5.41) is 12.6. The van der Waals surface area contributed by atoms with Gasteiger partial charge in [-0.3, -0.25) is 4.68 Å². The zero-order valence-corrected chi connectivity index (χ0v) is 14.0. The van der Waals surface area contributed by atoms with Crippen LogP contribution >= 0.6 is 15.9 Å². The van der Waals surface area contributed by atoms with Crippen LogP contribution in [0.15, 0.2) is 39.8 Å². The largest absolute Gasteiger partial charge is 0.378 e. The van der Waals surface area contributed by atoms with Gasteiger partial charge in [0.2, 0.25) is 10.0 Å². The number of rotatable bonds is 6. The van der Waals surface area contributed by atoms with Crippen LogP contribution in [0.5, 0.6) is 0 Å². The standard InChI is InChI=1S/C13H17BrN4O2S/c1-2-7-18-10(5-6-17-18)9-16-13-4-3-11(8-12(13)14)21(15,19)20/h3-6,8,16H,2,7,9H2,1H3,(H2,15,19,20). The van der Waals surface area contributed by atoms with Gasteiger partial charge in [0.25, 0.3) is 0 Å². The Morgan fingerprint density at radius 3 is 2.76 bits per heavy atom. The summed E-state index contributed by atoms with van der Waals surface area (Å²) in [5.41, 5.74) is 1.87. The molecule has 8 heteroatoms. The van der Waals surface area contributed by atoms with Crippen LogP contribution in [0.2, 0.25) is 0 Å². The van der Waals surface area contributed by atoms with Gasteiger partial charge < -0.3 is 5.32 Å². The molecule has 3 N–H and O–H groups in total. The molecule has 0 fully saturated rings. The Labute approximate surface area is 132 Å². The van der Waals surface area contributed by atoms with Crippen molar-refractivity contribution in [3.05, 3.63) is 40.6 Å². The van der Waals surface area contributed by atoms with Crippen molar-refractivity contribution in [2.45, 2.75) is 31.3 Å². The highest BCUT2D eigenvalue weighted by Gasteiger charge is 2.10. The minimum absolute atomic E-state index is 0.0796. The fraction of sp³-hybridized carbons (Fsp3) is 0.308. The molecule has 0 radical (unpaired) electrons. The number of hydrogen-bond donors (Lipinski definition) is 2. The van der Waals surface area contributed by atoms with Crippen LogP contribution in [-0.4, -0.2) is 18.2 Å². The minimum atomic E-state index is -3.69. The summed E-state index contributed by atoms with van der Waals surface area (Å²) in [6.07, 6.45) is 2.78. The van der Waals surface area contributed by atoms with E-state index in [0.29, 0.717) is 11.0 Å². The monoisotopic (exact) mass is 372 g/mol. The smallest absolute Gasteiger partial charge is 0.238 e. The van der Waals surface area contributed by atoms with Crippen LogP contribution < -0.4 is 10.5 Å². The maximum Gasteiger partial charge on any atom is 0.238 e. The molecule has 0 unspecified atom stereocenters. The predicted octanol–water partition coefficient (Wildman–Crippen LogP) is 2.32. The van der Waals surface area contributed by atoms with Gasteiger partial charge >= 0.3 is 0 Å². The Balaban J connectivity index is 2.12. The number of anilines is 1. The highest BCUT2D eigenvalue weighted by molar-refractivity contribution is 9.10. The fourth-order valence-electron chi connectivity index (χ4n) is 1.93. The summed E-state index contributed by atoms with van der Waals surface area (Å²) in [5.74, 6) is 0. The average molecular weight is 373 g/mol. The van der Waals surface area contributed by atoms with Crippen LogP contribution in [0.3, 0.4) is 0 Å². The lowest BCUT2D eigenvalue weighted by atomic mass is 10.3. The minimum Gasteiger partial charge on any atom is -0.378 e. The molecule has 1 heterocycles. The first kappa shape index (κ1) is 16.0. The van der Waals surface area contributed by atoms with Crippen molar-refractivity contribution in [3.8, 4) is 0 Å². The highest BCUT2D eigenvalue weighted by atomic mass is 79.9. The molecule has 0 saturated heterocycles. The van der Waals surface area contributed by atoms with E-state index in [9.17, 15) is 8.42 Å². The van der Waals surface area contributed by atoms with Crippen LogP contribution in [-0.2, 0) is 23.1 Å². The van der Waals surface area contributed by atoms with E-state index in [-0.39, 0.29) is 4.90 Å². The third kappa shape index (κ3) is 4.05. The number of halogens is 1. The van der Waals surface area contributed by atoms with Gasteiger partial charge in [-0.25, -0.2) is 13.6 Å². The molecule has 6 nitrogen and oxygen atoms in total. The van der Waals surface area contributed by atoms with Crippen LogP contribution in [0.25, 0.3) is 0 Å². The number of nitrogens with one attached hydrogen (secondary N) is 1. The second-order valence-corrected chi connectivity index (χ2v) is 7.00. The molecule has 114 valence electrons. The maximum absolute atomic E-state index is 11.3. The van der Waals surface area contributed by atoms with Gasteiger partial charge in [-0.1, -0.05) is 6.92 Å². The van der Waals surface area contributed by atoms with Gasteiger partial charge in [0, 0.05) is 22.9 Å². The molecule has 21 heavy (non-hydrogen) atoms. The molecule has 1 aromatic heterocycles. The molecule has 0 aliphatic rings. The lowest BCUT2D eigenvalue weighted by molar-refractivity contribution is 0.578. The number of sulfonamides is 1. The summed E-state index contributed by atoms with van der Waals surface area (Å²) >= 11 is 3.35. The van der Waals surface area contributed by atoms with Gasteiger partial charge in [0.15, 0.2) is 0 Å². The third-order valence-electron chi connectivity index (χ3n) is 2.97. The van der Waals surface area contributed by atoms with Gasteiger partial charge in [-0.05, 0) is 46.6 Å². The summed E-state index contributed by atoms with van der Waals surface area (Å²) < 4.78 is 25.2. The average Bonchev–Trinajstić information content (AvgIpc) is 2.84. The number of hydrogen-bond acceptors (Lipinski definition) is 4. The van der Waals surface area contributed by atoms with E-state index < -0.39 is 10.0 Å². The van der Waals surface area contributed by atoms with Crippen LogP contribution in [0.1, 0.15) is 19.0 Å². The zero-order chi connectivity index (χ0) is 15.5. The van der Waals surface area contributed by atoms with E-state index in [1.54, 1.807) is 12.3 Å². The lowest BCUT2D eigenvalue weighted by Crippen LogP contribution is -2.12. The topological polar surface area (TPSA) is 90.0 Å². The molecular formula is C13H17BrN4O2S. The molecule has 0 aliphatic heterocycles. The van der Waals surface area contributed by atoms with Crippen molar-refractivity contribution in [2.75, 3.05) is 5.32 Å². The summed E-state index contributed by atoms with van der Waals surface area (Å²) in [7, 11) is -3.69. The van der Waals surface area contributed by atoms with Crippen molar-refractivity contribution < 1.29 is 8.42 Å². The number of benzene rings is 1. The SMILES string of the molecule is CCCn1nccc1CNc1ccc(S(N)(=O)=O)cc1Br. The summed E-state index contributed by atoms with van der Waals surface area (Å²) in [4.78, 5) is 0.0796. The normalized spacial score (nSPS) is 11.6. The van der Waals surface area contributed by atoms with Crippen molar-refractivity contribution in [2.24, 2.45) is 5.14 Å². The van der Waals surface area contributed by atoms with Gasteiger partial charge in [-0.15, -0.1) is 0 Å². The molecule has 2 rings (SSSR count). The van der Waals surface area contributed by atoms with Gasteiger partial charge in [0.1, 0.15) is 0 Å². The van der Waals surface area contributed by atoms with E-state index >= 15 is 0 Å². The van der Waals surface area contributed by atoms with E-state index in [0.717, 1.165) is 24.3 Å². The van der Waals surface area contributed by atoms with Crippen LogP contribution in [0.4, 0.5) is 5.69 Å². The Morgan fingerprint density at radius 1 is 1.38 bits per heavy atom. The Hall–Kier alpha value is -1.38. The summed E-state index contributed by atoms with van der Waals surface area (Å²) in [6, 6.07) is 6.60. The van der Waals surface area contributed by atoms with E-state index in [4.69, 9.17) is 5.14 Å². The summed E-state index contributed by atoms with van der Waals surface area (Å²) in [6.45, 7) is 3.57. The first-order valence-corrected chi connectivity index (χ1v) is 8.82. The quantitative estimate of drug-likeness (QED) is 0.813. The van der Waals surface area contributed by atoms with Crippen LogP contribution in [0, 0.1) is 0 Å². The Bertz CT molecular complexity index is 728. The van der Waals surface area contributed by atoms with E-state index in [1.165, 1.54) is 12.1 Å². The molecular weight excluding hydrogens is 356 g/mol. The zero-order valence-electron chi connectivity index (χ0n) is 11.6. The molecule has 1 aromatic carbocycles. The number of nitrogens with zero attached hydrogens (tertiary/aromatic N) is 2. The van der Waals surface area contributed by atoms with Crippen molar-refractivity contribution >= 4 is 31.6 Å². The van der Waals surface area contributed by atoms with Gasteiger partial charge in [0.05, 0.1) is 17.1 Å². The molecule has 0 atom stereocenters. The molecule has 2 aromatic rings. The number of primary sulfonamides is 1. The fourth-order valence-corrected chi connectivity index (χ4v) is 3.14. The van der Waals surface area contributed by atoms with Crippen molar-refractivity contribution in [1.82, 2.24) is 9.78 Å². The molecule has 0 bridgehead atoms. The van der Waals surface area contributed by atoms with Crippen molar-refractivity contribution in [3.63, 3.8) is 0 Å². The Kier molecular flexibility index (Phi) is 5.02. The number of aromatic nitrogens is 2. The first-order chi connectivity index (χ1) is 9.91. The Morgan fingerprint density at radius 2 is 2.14 bits per heavy atom. The first-order valence-electron chi connectivity index (χ1n) is 6.48. The highest BCUT2D eigenvalue weighted by Crippen LogP contribution is 2.25. The van der Waals surface area contributed by atoms with E-state index in [2.05, 4.69) is 33.3 Å². The van der Waals surface area contributed by atoms with E-state index in [1.807, 2.05) is 10.7 Å². The second kappa shape index (κ2) is 6.59. The second-order valence-electron chi connectivity index (χ2n) is 4.59. The molecule has 0 amide bonds. The van der Waals surface area contributed by atoms with Gasteiger partial charge in [-0.2, -0.15) is 5.10 Å². The van der Waals surface area contributed by atoms with Crippen molar-refractivity contribution in [1.29, 1.82) is 0 Å².